The maximum atomic E-state index is 12.8. The van der Waals surface area contributed by atoms with Gasteiger partial charge in [-0.1, -0.05) is 12.1 Å². The fourth-order valence-electron chi connectivity index (χ4n) is 4.22. The minimum atomic E-state index is 0.103. The Hall–Kier alpha value is -1.14. The van der Waals surface area contributed by atoms with Gasteiger partial charge in [0.15, 0.2) is 0 Å². The zero-order valence-corrected chi connectivity index (χ0v) is 17.4. The molecule has 3 saturated heterocycles. The van der Waals surface area contributed by atoms with Gasteiger partial charge >= 0.3 is 0 Å². The Morgan fingerprint density at radius 3 is 2.07 bits per heavy atom. The van der Waals surface area contributed by atoms with Gasteiger partial charge in [0, 0.05) is 49.2 Å². The third-order valence-electron chi connectivity index (χ3n) is 5.85. The van der Waals surface area contributed by atoms with Crippen LogP contribution in [0.2, 0.25) is 0 Å². The molecule has 4 rings (SSSR count). The maximum absolute atomic E-state index is 12.8. The van der Waals surface area contributed by atoms with Crippen molar-refractivity contribution in [2.45, 2.75) is 36.7 Å². The van der Waals surface area contributed by atoms with Crippen LogP contribution in [0, 0.1) is 5.92 Å². The second-order valence-corrected chi connectivity index (χ2v) is 10.4. The van der Waals surface area contributed by atoms with Gasteiger partial charge in [0.05, 0.1) is 4.58 Å². The molecule has 146 valence electrons. The van der Waals surface area contributed by atoms with Gasteiger partial charge in [0.1, 0.15) is 0 Å². The summed E-state index contributed by atoms with van der Waals surface area (Å²) in [6, 6.07) is 8.16. The Morgan fingerprint density at radius 1 is 0.815 bits per heavy atom. The summed E-state index contributed by atoms with van der Waals surface area (Å²) in [5, 5.41) is 0. The number of likely N-dealkylation sites (tertiary alicyclic amines) is 2. The highest BCUT2D eigenvalue weighted by molar-refractivity contribution is 8.19. The van der Waals surface area contributed by atoms with E-state index in [0.717, 1.165) is 44.3 Å². The van der Waals surface area contributed by atoms with E-state index in [1.807, 2.05) is 45.5 Å². The Bertz CT molecular complexity index is 659. The number of nitrogens with zero attached hydrogens (tertiary/aromatic N) is 2. The molecule has 27 heavy (non-hydrogen) atoms. The molecule has 6 heteroatoms. The van der Waals surface area contributed by atoms with Crippen molar-refractivity contribution in [3.05, 3.63) is 35.4 Å². The number of piperidine rings is 2. The predicted molar refractivity (Wildman–Crippen MR) is 113 cm³/mol. The molecule has 3 heterocycles. The van der Waals surface area contributed by atoms with Gasteiger partial charge in [-0.25, -0.2) is 0 Å². The lowest BCUT2D eigenvalue weighted by Gasteiger charge is -2.35. The van der Waals surface area contributed by atoms with E-state index < -0.39 is 0 Å². The van der Waals surface area contributed by atoms with E-state index in [1.54, 1.807) is 0 Å². The third kappa shape index (κ3) is 4.48. The van der Waals surface area contributed by atoms with Gasteiger partial charge in [-0.3, -0.25) is 9.59 Å². The summed E-state index contributed by atoms with van der Waals surface area (Å²) < 4.78 is 0.519. The lowest BCUT2D eigenvalue weighted by atomic mass is 9.94. The third-order valence-corrected chi connectivity index (χ3v) is 8.96. The molecule has 0 unspecified atom stereocenters. The van der Waals surface area contributed by atoms with Crippen molar-refractivity contribution in [3.63, 3.8) is 0 Å². The molecule has 0 spiro atoms. The van der Waals surface area contributed by atoms with E-state index in [2.05, 4.69) is 12.1 Å². The van der Waals surface area contributed by atoms with Crippen molar-refractivity contribution < 1.29 is 9.59 Å². The topological polar surface area (TPSA) is 40.6 Å². The highest BCUT2D eigenvalue weighted by atomic mass is 32.2. The maximum Gasteiger partial charge on any atom is 0.253 e. The largest absolute Gasteiger partial charge is 0.342 e. The molecule has 0 bridgehead atoms. The van der Waals surface area contributed by atoms with E-state index >= 15 is 0 Å². The summed E-state index contributed by atoms with van der Waals surface area (Å²) in [5.74, 6) is 2.95. The van der Waals surface area contributed by atoms with Crippen LogP contribution in [0.5, 0.6) is 0 Å². The number of rotatable bonds is 3. The van der Waals surface area contributed by atoms with E-state index in [1.165, 1.54) is 23.5 Å². The molecule has 4 nitrogen and oxygen atoms in total. The first kappa shape index (κ1) is 19.2. The molecule has 0 N–H and O–H groups in total. The summed E-state index contributed by atoms with van der Waals surface area (Å²) in [4.78, 5) is 29.5. The zero-order chi connectivity index (χ0) is 18.6. The highest BCUT2D eigenvalue weighted by Gasteiger charge is 2.31. The van der Waals surface area contributed by atoms with Crippen LogP contribution in [-0.4, -0.2) is 59.3 Å². The quantitative estimate of drug-likeness (QED) is 0.763. The van der Waals surface area contributed by atoms with Gasteiger partial charge in [0.2, 0.25) is 5.91 Å². The highest BCUT2D eigenvalue weighted by Crippen LogP contribution is 2.45. The van der Waals surface area contributed by atoms with Crippen LogP contribution < -0.4 is 0 Å². The van der Waals surface area contributed by atoms with Gasteiger partial charge in [-0.15, -0.1) is 23.5 Å². The Kier molecular flexibility index (Phi) is 6.33. The number of carbonyl (C=O) groups is 2. The first-order chi connectivity index (χ1) is 13.2. The lowest BCUT2D eigenvalue weighted by molar-refractivity contribution is -0.137. The molecule has 2 amide bonds. The van der Waals surface area contributed by atoms with Crippen molar-refractivity contribution in [2.75, 3.05) is 37.7 Å². The first-order valence-corrected chi connectivity index (χ1v) is 12.2. The van der Waals surface area contributed by atoms with Crippen molar-refractivity contribution in [2.24, 2.45) is 5.92 Å². The number of hydrogen-bond acceptors (Lipinski definition) is 4. The number of benzene rings is 1. The Balaban J connectivity index is 1.31. The molecule has 3 aliphatic heterocycles. The molecule has 1 aromatic carbocycles. The van der Waals surface area contributed by atoms with Crippen molar-refractivity contribution in [1.29, 1.82) is 0 Å². The standard InChI is InChI=1S/C21H28N2O2S2/c24-19(16-4-6-18(7-5-16)21-26-14-15-27-21)23-12-8-17(9-13-23)20(25)22-10-2-1-3-11-22/h4-7,17,21H,1-3,8-15H2. The normalized spacial score (nSPS) is 22.2. The number of thioether (sulfide) groups is 2. The van der Waals surface area contributed by atoms with Crippen molar-refractivity contribution in [3.8, 4) is 0 Å². The Morgan fingerprint density at radius 2 is 1.44 bits per heavy atom. The average Bonchev–Trinajstić information content (AvgIpc) is 3.28. The van der Waals surface area contributed by atoms with E-state index in [0.29, 0.717) is 23.6 Å². The number of carbonyl (C=O) groups excluding carboxylic acids is 2. The summed E-state index contributed by atoms with van der Waals surface area (Å²) in [6.45, 7) is 3.22. The molecule has 1 aromatic rings. The van der Waals surface area contributed by atoms with Crippen LogP contribution in [0.3, 0.4) is 0 Å². The average molecular weight is 405 g/mol. The fraction of sp³-hybridized carbons (Fsp3) is 0.619. The Labute approximate surface area is 170 Å². The van der Waals surface area contributed by atoms with Gasteiger partial charge < -0.3 is 9.80 Å². The zero-order valence-electron chi connectivity index (χ0n) is 15.8. The molecule has 0 aromatic heterocycles. The predicted octanol–water partition coefficient (Wildman–Crippen LogP) is 4.03. The molecule has 0 aliphatic carbocycles. The monoisotopic (exact) mass is 404 g/mol. The molecule has 0 radical (unpaired) electrons. The second-order valence-electron chi connectivity index (χ2n) is 7.65. The van der Waals surface area contributed by atoms with Crippen LogP contribution in [0.15, 0.2) is 24.3 Å². The smallest absolute Gasteiger partial charge is 0.253 e. The van der Waals surface area contributed by atoms with Crippen LogP contribution in [0.1, 0.15) is 52.6 Å². The minimum Gasteiger partial charge on any atom is -0.342 e. The van der Waals surface area contributed by atoms with Gasteiger partial charge in [0.25, 0.3) is 5.91 Å². The SMILES string of the molecule is O=C(c1ccc(C2SCCS2)cc1)N1CCC(C(=O)N2CCCCC2)CC1. The number of hydrogen-bond donors (Lipinski definition) is 0. The van der Waals surface area contributed by atoms with Crippen LogP contribution in [0.25, 0.3) is 0 Å². The minimum absolute atomic E-state index is 0.103. The molecular weight excluding hydrogens is 376 g/mol. The molecule has 0 saturated carbocycles. The first-order valence-electron chi connectivity index (χ1n) is 10.1. The summed E-state index contributed by atoms with van der Waals surface area (Å²) in [7, 11) is 0. The second kappa shape index (κ2) is 8.91. The summed E-state index contributed by atoms with van der Waals surface area (Å²) >= 11 is 3.97. The molecular formula is C21H28N2O2S2. The molecule has 3 fully saturated rings. The summed E-state index contributed by atoms with van der Waals surface area (Å²) in [6.07, 6.45) is 5.12. The lowest BCUT2D eigenvalue weighted by Crippen LogP contribution is -2.45. The van der Waals surface area contributed by atoms with Crippen molar-refractivity contribution >= 4 is 35.3 Å². The van der Waals surface area contributed by atoms with Gasteiger partial charge in [-0.05, 0) is 49.8 Å². The summed E-state index contributed by atoms with van der Waals surface area (Å²) in [5.41, 5.74) is 2.08. The molecule has 3 aliphatic rings. The molecule has 0 atom stereocenters. The fourth-order valence-corrected chi connectivity index (χ4v) is 7.08. The van der Waals surface area contributed by atoms with E-state index in [9.17, 15) is 9.59 Å². The van der Waals surface area contributed by atoms with Crippen LogP contribution in [-0.2, 0) is 4.79 Å². The van der Waals surface area contributed by atoms with E-state index in [-0.39, 0.29) is 11.8 Å². The van der Waals surface area contributed by atoms with E-state index in [4.69, 9.17) is 0 Å². The van der Waals surface area contributed by atoms with Crippen LogP contribution in [0.4, 0.5) is 0 Å². The van der Waals surface area contributed by atoms with Crippen LogP contribution >= 0.6 is 23.5 Å². The number of amides is 2. The van der Waals surface area contributed by atoms with Gasteiger partial charge in [-0.2, -0.15) is 0 Å². The van der Waals surface area contributed by atoms with Crippen molar-refractivity contribution in [1.82, 2.24) is 9.80 Å².